The van der Waals surface area contributed by atoms with Crippen LogP contribution in [0.1, 0.15) is 22.8 Å². The van der Waals surface area contributed by atoms with Crippen LogP contribution < -0.4 is 11.2 Å². The minimum absolute atomic E-state index is 0.0249. The van der Waals surface area contributed by atoms with Crippen molar-refractivity contribution in [2.45, 2.75) is 6.92 Å². The van der Waals surface area contributed by atoms with Gasteiger partial charge in [0.1, 0.15) is 11.5 Å². The number of hydrazone groups is 1. The molecule has 6 nitrogen and oxygen atoms in total. The number of hydrogen-bond acceptors (Lipinski definition) is 5. The Hall–Kier alpha value is -3.02. The Bertz CT molecular complexity index is 711. The SMILES string of the molecule is CC(=NNC(=O)c1ccc(O)cc1O)c1cccc(N)c1. The van der Waals surface area contributed by atoms with Crippen LogP contribution in [0.5, 0.6) is 11.5 Å². The Balaban J connectivity index is 2.14. The number of phenolic OH excluding ortho intramolecular Hbond substituents is 2. The highest BCUT2D eigenvalue weighted by Gasteiger charge is 2.11. The number of nitrogens with one attached hydrogen (secondary N) is 1. The van der Waals surface area contributed by atoms with Crippen molar-refractivity contribution in [1.29, 1.82) is 0 Å². The lowest BCUT2D eigenvalue weighted by atomic mass is 10.1. The second-order valence-electron chi connectivity index (χ2n) is 4.47. The van der Waals surface area contributed by atoms with Gasteiger partial charge in [-0.1, -0.05) is 12.1 Å². The van der Waals surface area contributed by atoms with Gasteiger partial charge in [0.25, 0.3) is 5.91 Å². The lowest BCUT2D eigenvalue weighted by molar-refractivity contribution is 0.0952. The third-order valence-corrected chi connectivity index (χ3v) is 2.86. The number of benzene rings is 2. The summed E-state index contributed by atoms with van der Waals surface area (Å²) in [4.78, 5) is 11.9. The van der Waals surface area contributed by atoms with E-state index in [9.17, 15) is 15.0 Å². The number of carbonyl (C=O) groups is 1. The van der Waals surface area contributed by atoms with E-state index in [0.29, 0.717) is 11.4 Å². The van der Waals surface area contributed by atoms with Gasteiger partial charge in [-0.15, -0.1) is 0 Å². The lowest BCUT2D eigenvalue weighted by Gasteiger charge is -2.05. The fourth-order valence-electron chi connectivity index (χ4n) is 1.74. The number of phenols is 2. The average molecular weight is 285 g/mol. The van der Waals surface area contributed by atoms with Gasteiger partial charge in [-0.05, 0) is 36.8 Å². The molecule has 2 aromatic carbocycles. The third-order valence-electron chi connectivity index (χ3n) is 2.86. The van der Waals surface area contributed by atoms with Crippen molar-refractivity contribution in [1.82, 2.24) is 5.43 Å². The molecular weight excluding hydrogens is 270 g/mol. The molecule has 0 spiro atoms. The van der Waals surface area contributed by atoms with Crippen molar-refractivity contribution in [2.75, 3.05) is 5.73 Å². The van der Waals surface area contributed by atoms with Crippen LogP contribution in [-0.4, -0.2) is 21.8 Å². The summed E-state index contributed by atoms with van der Waals surface area (Å²) in [6.07, 6.45) is 0. The first-order valence-electron chi connectivity index (χ1n) is 6.20. The topological polar surface area (TPSA) is 108 Å². The van der Waals surface area contributed by atoms with Gasteiger partial charge in [-0.3, -0.25) is 4.79 Å². The number of nitrogen functional groups attached to an aromatic ring is 1. The number of hydrogen-bond donors (Lipinski definition) is 4. The van der Waals surface area contributed by atoms with E-state index in [4.69, 9.17) is 5.73 Å². The molecule has 6 heteroatoms. The van der Waals surface area contributed by atoms with Gasteiger partial charge in [-0.2, -0.15) is 5.10 Å². The van der Waals surface area contributed by atoms with E-state index >= 15 is 0 Å². The summed E-state index contributed by atoms with van der Waals surface area (Å²) in [7, 11) is 0. The first kappa shape index (κ1) is 14.4. The van der Waals surface area contributed by atoms with E-state index in [2.05, 4.69) is 10.5 Å². The molecule has 0 saturated carbocycles. The molecule has 0 aromatic heterocycles. The normalized spacial score (nSPS) is 11.2. The van der Waals surface area contributed by atoms with E-state index in [1.165, 1.54) is 12.1 Å². The number of carbonyl (C=O) groups excluding carboxylic acids is 1. The molecule has 108 valence electrons. The number of aromatic hydroxyl groups is 2. The maximum Gasteiger partial charge on any atom is 0.275 e. The highest BCUT2D eigenvalue weighted by atomic mass is 16.3. The summed E-state index contributed by atoms with van der Waals surface area (Å²) in [6, 6.07) is 10.8. The molecule has 0 saturated heterocycles. The van der Waals surface area contributed by atoms with E-state index in [1.807, 2.05) is 6.07 Å². The predicted molar refractivity (Wildman–Crippen MR) is 80.3 cm³/mol. The molecule has 21 heavy (non-hydrogen) atoms. The first-order valence-corrected chi connectivity index (χ1v) is 6.20. The molecule has 0 atom stereocenters. The minimum atomic E-state index is -0.573. The number of nitrogens with two attached hydrogens (primary N) is 1. The number of amides is 1. The van der Waals surface area contributed by atoms with E-state index in [1.54, 1.807) is 25.1 Å². The van der Waals surface area contributed by atoms with Crippen molar-refractivity contribution in [3.63, 3.8) is 0 Å². The largest absolute Gasteiger partial charge is 0.508 e. The molecule has 0 bridgehead atoms. The summed E-state index contributed by atoms with van der Waals surface area (Å²) in [5.74, 6) is -1.01. The van der Waals surface area contributed by atoms with Crippen molar-refractivity contribution < 1.29 is 15.0 Å². The summed E-state index contributed by atoms with van der Waals surface area (Å²) >= 11 is 0. The highest BCUT2D eigenvalue weighted by Crippen LogP contribution is 2.22. The maximum atomic E-state index is 11.9. The first-order chi connectivity index (χ1) is 9.97. The summed E-state index contributed by atoms with van der Waals surface area (Å²) in [5.41, 5.74) is 10.0. The average Bonchev–Trinajstić information content (AvgIpc) is 2.44. The second kappa shape index (κ2) is 5.96. The van der Waals surface area contributed by atoms with Gasteiger partial charge < -0.3 is 15.9 Å². The maximum absolute atomic E-state index is 11.9. The molecule has 0 aliphatic carbocycles. The quantitative estimate of drug-likeness (QED) is 0.392. The van der Waals surface area contributed by atoms with Gasteiger partial charge >= 0.3 is 0 Å². The molecule has 0 aliphatic rings. The van der Waals surface area contributed by atoms with Crippen LogP contribution in [0.15, 0.2) is 47.6 Å². The predicted octanol–water partition coefficient (Wildman–Crippen LogP) is 1.83. The summed E-state index contributed by atoms with van der Waals surface area (Å²) in [6.45, 7) is 1.73. The van der Waals surface area contributed by atoms with Crippen molar-refractivity contribution in [3.05, 3.63) is 53.6 Å². The zero-order chi connectivity index (χ0) is 15.4. The fourth-order valence-corrected chi connectivity index (χ4v) is 1.74. The molecule has 2 rings (SSSR count). The number of anilines is 1. The standard InChI is InChI=1S/C15H15N3O3/c1-9(10-3-2-4-11(16)7-10)17-18-15(21)13-6-5-12(19)8-14(13)20/h2-8,19-20H,16H2,1H3,(H,18,21). The molecular formula is C15H15N3O3. The van der Waals surface area contributed by atoms with Crippen molar-refractivity contribution in [2.24, 2.45) is 5.10 Å². The number of nitrogens with zero attached hydrogens (tertiary/aromatic N) is 1. The van der Waals surface area contributed by atoms with E-state index in [0.717, 1.165) is 11.6 Å². The van der Waals surface area contributed by atoms with Gasteiger partial charge in [0.2, 0.25) is 0 Å². The Morgan fingerprint density at radius 2 is 1.95 bits per heavy atom. The molecule has 0 radical (unpaired) electrons. The van der Waals surface area contributed by atoms with Crippen LogP contribution >= 0.6 is 0 Å². The van der Waals surface area contributed by atoms with Crippen LogP contribution in [0, 0.1) is 0 Å². The van der Waals surface area contributed by atoms with Crippen molar-refractivity contribution >= 4 is 17.3 Å². The number of rotatable bonds is 3. The van der Waals surface area contributed by atoms with E-state index < -0.39 is 5.91 Å². The zero-order valence-electron chi connectivity index (χ0n) is 11.4. The van der Waals surface area contributed by atoms with Crippen LogP contribution in [0.25, 0.3) is 0 Å². The Morgan fingerprint density at radius 3 is 2.62 bits per heavy atom. The molecule has 0 fully saturated rings. The zero-order valence-corrected chi connectivity index (χ0v) is 11.4. The lowest BCUT2D eigenvalue weighted by Crippen LogP contribution is -2.19. The molecule has 1 amide bonds. The van der Waals surface area contributed by atoms with Gasteiger partial charge in [0, 0.05) is 11.8 Å². The molecule has 0 heterocycles. The second-order valence-corrected chi connectivity index (χ2v) is 4.47. The Labute approximate surface area is 121 Å². The molecule has 2 aromatic rings. The van der Waals surface area contributed by atoms with Gasteiger partial charge in [0.05, 0.1) is 11.3 Å². The van der Waals surface area contributed by atoms with Crippen LogP contribution in [0.2, 0.25) is 0 Å². The summed E-state index contributed by atoms with van der Waals surface area (Å²) < 4.78 is 0. The Morgan fingerprint density at radius 1 is 1.19 bits per heavy atom. The van der Waals surface area contributed by atoms with Crippen LogP contribution in [-0.2, 0) is 0 Å². The van der Waals surface area contributed by atoms with Crippen LogP contribution in [0.3, 0.4) is 0 Å². The van der Waals surface area contributed by atoms with Gasteiger partial charge in [-0.25, -0.2) is 5.43 Å². The van der Waals surface area contributed by atoms with Crippen molar-refractivity contribution in [3.8, 4) is 11.5 Å². The molecule has 0 aliphatic heterocycles. The monoisotopic (exact) mass is 285 g/mol. The smallest absolute Gasteiger partial charge is 0.275 e. The van der Waals surface area contributed by atoms with Crippen LogP contribution in [0.4, 0.5) is 5.69 Å². The van der Waals surface area contributed by atoms with E-state index in [-0.39, 0.29) is 17.1 Å². The minimum Gasteiger partial charge on any atom is -0.508 e. The Kier molecular flexibility index (Phi) is 4.08. The fraction of sp³-hybridized carbons (Fsp3) is 0.0667. The van der Waals surface area contributed by atoms with Gasteiger partial charge in [0.15, 0.2) is 0 Å². The molecule has 0 unspecified atom stereocenters. The highest BCUT2D eigenvalue weighted by molar-refractivity contribution is 6.02. The summed E-state index contributed by atoms with van der Waals surface area (Å²) in [5, 5.41) is 22.7. The third kappa shape index (κ3) is 3.50. The molecule has 5 N–H and O–H groups in total.